The van der Waals surface area contributed by atoms with E-state index in [0.717, 1.165) is 0 Å². The number of benzene rings is 1. The van der Waals surface area contributed by atoms with Gasteiger partial charge in [-0.05, 0) is 30.7 Å². The van der Waals surface area contributed by atoms with Crippen LogP contribution in [0.15, 0.2) is 36.9 Å². The van der Waals surface area contributed by atoms with Gasteiger partial charge in [-0.1, -0.05) is 26.0 Å². The van der Waals surface area contributed by atoms with Gasteiger partial charge in [0, 0.05) is 5.56 Å². The maximum atomic E-state index is 11.9. The lowest BCUT2D eigenvalue weighted by molar-refractivity contribution is -0.139. The Kier molecular flexibility index (Phi) is 6.29. The van der Waals surface area contributed by atoms with Crippen molar-refractivity contribution in [3.63, 3.8) is 0 Å². The molecule has 0 saturated carbocycles. The number of carbonyl (C=O) groups is 2. The van der Waals surface area contributed by atoms with Crippen molar-refractivity contribution in [2.75, 3.05) is 6.61 Å². The van der Waals surface area contributed by atoms with E-state index in [1.54, 1.807) is 30.3 Å². The van der Waals surface area contributed by atoms with Crippen LogP contribution >= 0.6 is 0 Å². The number of amides is 1. The molecule has 1 aromatic rings. The number of nitrogens with one attached hydrogen (secondary N) is 1. The van der Waals surface area contributed by atoms with E-state index in [-0.39, 0.29) is 0 Å². The van der Waals surface area contributed by atoms with Crippen LogP contribution in [0.5, 0.6) is 5.75 Å². The third-order valence-corrected chi connectivity index (χ3v) is 2.67. The normalized spacial score (nSPS) is 11.4. The zero-order valence-corrected chi connectivity index (χ0v) is 11.5. The molecule has 0 radical (unpaired) electrons. The van der Waals surface area contributed by atoms with Crippen LogP contribution in [0.2, 0.25) is 0 Å². The molecule has 5 heteroatoms. The third kappa shape index (κ3) is 4.76. The fourth-order valence-electron chi connectivity index (χ4n) is 1.65. The van der Waals surface area contributed by atoms with Gasteiger partial charge in [-0.3, -0.25) is 4.79 Å². The largest absolute Gasteiger partial charge is 0.490 e. The molecule has 1 amide bonds. The van der Waals surface area contributed by atoms with Gasteiger partial charge in [0.25, 0.3) is 5.91 Å². The molecule has 0 aliphatic rings. The Bertz CT molecular complexity index is 467. The molecule has 2 N–H and O–H groups in total. The van der Waals surface area contributed by atoms with Crippen molar-refractivity contribution < 1.29 is 19.4 Å². The number of carbonyl (C=O) groups excluding carboxylic acids is 1. The third-order valence-electron chi connectivity index (χ3n) is 2.67. The SMILES string of the molecule is C=CCOc1ccc(C(=O)N[C@@H](CCC)C(=O)O)cc1. The van der Waals surface area contributed by atoms with Crippen LogP contribution in [0.4, 0.5) is 0 Å². The molecule has 1 rings (SSSR count). The van der Waals surface area contributed by atoms with Gasteiger partial charge in [0.15, 0.2) is 0 Å². The second-order valence-corrected chi connectivity index (χ2v) is 4.28. The molecule has 0 aliphatic carbocycles. The number of rotatable bonds is 8. The first-order valence-corrected chi connectivity index (χ1v) is 6.46. The quantitative estimate of drug-likeness (QED) is 0.714. The number of carboxylic acids is 1. The summed E-state index contributed by atoms with van der Waals surface area (Å²) in [7, 11) is 0. The Balaban J connectivity index is 2.66. The van der Waals surface area contributed by atoms with Gasteiger partial charge in [0.05, 0.1) is 0 Å². The molecule has 1 atom stereocenters. The Labute approximate surface area is 118 Å². The zero-order valence-electron chi connectivity index (χ0n) is 11.5. The van der Waals surface area contributed by atoms with E-state index in [1.165, 1.54) is 0 Å². The lowest BCUT2D eigenvalue weighted by Crippen LogP contribution is -2.40. The lowest BCUT2D eigenvalue weighted by Gasteiger charge is -2.13. The van der Waals surface area contributed by atoms with Crippen LogP contribution < -0.4 is 10.1 Å². The molecule has 1 aromatic carbocycles. The molecule has 0 unspecified atom stereocenters. The van der Waals surface area contributed by atoms with E-state index in [4.69, 9.17) is 9.84 Å². The average Bonchev–Trinajstić information content (AvgIpc) is 2.45. The molecular formula is C15H19NO4. The van der Waals surface area contributed by atoms with Gasteiger partial charge in [0.2, 0.25) is 0 Å². The van der Waals surface area contributed by atoms with E-state index >= 15 is 0 Å². The van der Waals surface area contributed by atoms with Crippen LogP contribution in [-0.2, 0) is 4.79 Å². The highest BCUT2D eigenvalue weighted by Gasteiger charge is 2.19. The fraction of sp³-hybridized carbons (Fsp3) is 0.333. The van der Waals surface area contributed by atoms with Crippen LogP contribution in [0, 0.1) is 0 Å². The topological polar surface area (TPSA) is 75.6 Å². The summed E-state index contributed by atoms with van der Waals surface area (Å²) in [5.41, 5.74) is 0.401. The van der Waals surface area contributed by atoms with Crippen LogP contribution in [0.25, 0.3) is 0 Å². The monoisotopic (exact) mass is 277 g/mol. The van der Waals surface area contributed by atoms with E-state index in [2.05, 4.69) is 11.9 Å². The highest BCUT2D eigenvalue weighted by molar-refractivity contribution is 5.96. The maximum Gasteiger partial charge on any atom is 0.326 e. The number of aliphatic carboxylic acids is 1. The van der Waals surface area contributed by atoms with Gasteiger partial charge < -0.3 is 15.2 Å². The summed E-state index contributed by atoms with van der Waals surface area (Å²) in [6.45, 7) is 5.80. The molecule has 0 fully saturated rings. The summed E-state index contributed by atoms with van der Waals surface area (Å²) in [6.07, 6.45) is 2.72. The molecule has 0 aliphatic heterocycles. The Morgan fingerprint density at radius 3 is 2.55 bits per heavy atom. The second-order valence-electron chi connectivity index (χ2n) is 4.28. The van der Waals surface area contributed by atoms with Crippen LogP contribution in [-0.4, -0.2) is 29.6 Å². The number of hydrogen-bond donors (Lipinski definition) is 2. The minimum Gasteiger partial charge on any atom is -0.490 e. The van der Waals surface area contributed by atoms with Crippen molar-refractivity contribution in [1.82, 2.24) is 5.32 Å². The maximum absolute atomic E-state index is 11.9. The van der Waals surface area contributed by atoms with Gasteiger partial charge in [-0.25, -0.2) is 4.79 Å². The minimum absolute atomic E-state index is 0.392. The number of hydrogen-bond acceptors (Lipinski definition) is 3. The molecular weight excluding hydrogens is 258 g/mol. The van der Waals surface area contributed by atoms with Crippen molar-refractivity contribution >= 4 is 11.9 Å². The van der Waals surface area contributed by atoms with Crippen LogP contribution in [0.3, 0.4) is 0 Å². The van der Waals surface area contributed by atoms with Gasteiger partial charge in [0.1, 0.15) is 18.4 Å². The van der Waals surface area contributed by atoms with Crippen molar-refractivity contribution in [3.8, 4) is 5.75 Å². The molecule has 0 saturated heterocycles. The fourth-order valence-corrected chi connectivity index (χ4v) is 1.65. The Morgan fingerprint density at radius 1 is 1.40 bits per heavy atom. The van der Waals surface area contributed by atoms with Gasteiger partial charge >= 0.3 is 5.97 Å². The van der Waals surface area contributed by atoms with Gasteiger partial charge in [-0.15, -0.1) is 0 Å². The second kappa shape index (κ2) is 7.99. The summed E-state index contributed by atoms with van der Waals surface area (Å²) >= 11 is 0. The Hall–Kier alpha value is -2.30. The van der Waals surface area contributed by atoms with E-state index in [1.807, 2.05) is 6.92 Å². The molecule has 0 bridgehead atoms. The highest BCUT2D eigenvalue weighted by atomic mass is 16.5. The average molecular weight is 277 g/mol. The molecule has 20 heavy (non-hydrogen) atoms. The van der Waals surface area contributed by atoms with Crippen molar-refractivity contribution in [3.05, 3.63) is 42.5 Å². The zero-order chi connectivity index (χ0) is 15.0. The van der Waals surface area contributed by atoms with Crippen molar-refractivity contribution in [2.45, 2.75) is 25.8 Å². The number of ether oxygens (including phenoxy) is 1. The van der Waals surface area contributed by atoms with Crippen LogP contribution in [0.1, 0.15) is 30.1 Å². The predicted molar refractivity (Wildman–Crippen MR) is 75.9 cm³/mol. The molecule has 0 aromatic heterocycles. The summed E-state index contributed by atoms with van der Waals surface area (Å²) in [6, 6.07) is 5.66. The summed E-state index contributed by atoms with van der Waals surface area (Å²) in [5.74, 6) is -0.794. The van der Waals surface area contributed by atoms with Crippen molar-refractivity contribution in [1.29, 1.82) is 0 Å². The first kappa shape index (κ1) is 15.8. The molecule has 108 valence electrons. The lowest BCUT2D eigenvalue weighted by atomic mass is 10.1. The predicted octanol–water partition coefficient (Wildman–Crippen LogP) is 2.23. The smallest absolute Gasteiger partial charge is 0.326 e. The Morgan fingerprint density at radius 2 is 2.05 bits per heavy atom. The standard InChI is InChI=1S/C15H19NO4/c1-3-5-13(15(18)19)16-14(17)11-6-8-12(9-7-11)20-10-4-2/h4,6-9,13H,2-3,5,10H2,1H3,(H,16,17)(H,18,19)/t13-/m0/s1. The first-order valence-electron chi connectivity index (χ1n) is 6.46. The first-order chi connectivity index (χ1) is 9.58. The molecule has 5 nitrogen and oxygen atoms in total. The molecule has 0 heterocycles. The van der Waals surface area contributed by atoms with E-state index < -0.39 is 17.9 Å². The summed E-state index contributed by atoms with van der Waals surface area (Å²) in [5, 5.41) is 11.5. The molecule has 0 spiro atoms. The summed E-state index contributed by atoms with van der Waals surface area (Å²) < 4.78 is 5.30. The summed E-state index contributed by atoms with van der Waals surface area (Å²) in [4.78, 5) is 22.9. The van der Waals surface area contributed by atoms with E-state index in [9.17, 15) is 9.59 Å². The minimum atomic E-state index is -1.02. The highest BCUT2D eigenvalue weighted by Crippen LogP contribution is 2.12. The van der Waals surface area contributed by atoms with Crippen molar-refractivity contribution in [2.24, 2.45) is 0 Å². The van der Waals surface area contributed by atoms with E-state index in [0.29, 0.717) is 30.8 Å². The van der Waals surface area contributed by atoms with Gasteiger partial charge in [-0.2, -0.15) is 0 Å². The number of carboxylic acid groups (broad SMARTS) is 1.